The van der Waals surface area contributed by atoms with Crippen molar-refractivity contribution in [2.24, 2.45) is 17.8 Å². The van der Waals surface area contributed by atoms with Gasteiger partial charge in [0.25, 0.3) is 0 Å². The van der Waals surface area contributed by atoms with E-state index in [0.29, 0.717) is 49.5 Å². The maximum Gasteiger partial charge on any atom is 0.228 e. The largest absolute Gasteiger partial charge is 0.378 e. The molecule has 3 aromatic rings. The molecule has 2 aromatic carbocycles. The molecule has 0 spiro atoms. The van der Waals surface area contributed by atoms with E-state index in [1.807, 2.05) is 15.7 Å². The van der Waals surface area contributed by atoms with Gasteiger partial charge in [-0.15, -0.1) is 0 Å². The molecule has 2 aliphatic heterocycles. The summed E-state index contributed by atoms with van der Waals surface area (Å²) in [4.78, 5) is 21.3. The zero-order valence-electron chi connectivity index (χ0n) is 18.9. The number of anilines is 2. The van der Waals surface area contributed by atoms with Crippen LogP contribution in [0.15, 0.2) is 61.2 Å². The van der Waals surface area contributed by atoms with Crippen molar-refractivity contribution in [1.29, 1.82) is 0 Å². The number of hydrogen-bond acceptors (Lipinski definition) is 5. The minimum absolute atomic E-state index is 0.0119. The number of ether oxygens (including phenoxy) is 1. The van der Waals surface area contributed by atoms with Crippen LogP contribution in [0.2, 0.25) is 0 Å². The van der Waals surface area contributed by atoms with Crippen LogP contribution in [0.1, 0.15) is 5.56 Å². The van der Waals surface area contributed by atoms with E-state index in [4.69, 9.17) is 4.74 Å². The predicted molar refractivity (Wildman–Crippen MR) is 127 cm³/mol. The van der Waals surface area contributed by atoms with E-state index in [2.05, 4.69) is 39.5 Å². The Labute approximate surface area is 198 Å². The van der Waals surface area contributed by atoms with Crippen molar-refractivity contribution in [2.45, 2.75) is 6.54 Å². The first kappa shape index (κ1) is 21.3. The molecule has 1 saturated carbocycles. The maximum absolute atomic E-state index is 14.7. The molecule has 176 valence electrons. The molecule has 3 heterocycles. The predicted octanol–water partition coefficient (Wildman–Crippen LogP) is 3.16. The SMILES string of the molecule is O=C(Nc1ccc(N2CCOCC2)c(F)c1)C1C2CN(Cc3ccc(-n4ccnc4)cc3)CC21. The molecular weight excluding hydrogens is 433 g/mol. The first-order valence-corrected chi connectivity index (χ1v) is 11.9. The van der Waals surface area contributed by atoms with E-state index < -0.39 is 0 Å². The monoisotopic (exact) mass is 461 g/mol. The lowest BCUT2D eigenvalue weighted by Crippen LogP contribution is -2.36. The Hall–Kier alpha value is -3.23. The summed E-state index contributed by atoms with van der Waals surface area (Å²) in [6.07, 6.45) is 5.50. The molecule has 1 aliphatic carbocycles. The van der Waals surface area contributed by atoms with Crippen molar-refractivity contribution in [1.82, 2.24) is 14.5 Å². The third-order valence-electron chi connectivity index (χ3n) is 7.28. The van der Waals surface area contributed by atoms with Crippen molar-refractivity contribution in [2.75, 3.05) is 49.6 Å². The van der Waals surface area contributed by atoms with Gasteiger partial charge < -0.3 is 19.5 Å². The number of rotatable bonds is 6. The maximum atomic E-state index is 14.7. The molecule has 1 N–H and O–H groups in total. The highest BCUT2D eigenvalue weighted by Gasteiger charge is 2.59. The highest BCUT2D eigenvalue weighted by atomic mass is 19.1. The van der Waals surface area contributed by atoms with E-state index in [1.165, 1.54) is 11.6 Å². The number of aromatic nitrogens is 2. The zero-order valence-corrected chi connectivity index (χ0v) is 18.9. The summed E-state index contributed by atoms with van der Waals surface area (Å²) in [5.41, 5.74) is 3.45. The molecule has 0 bridgehead atoms. The fourth-order valence-corrected chi connectivity index (χ4v) is 5.45. The second-order valence-electron chi connectivity index (χ2n) is 9.44. The molecule has 2 saturated heterocycles. The number of benzene rings is 2. The minimum Gasteiger partial charge on any atom is -0.378 e. The molecule has 7 nitrogen and oxygen atoms in total. The van der Waals surface area contributed by atoms with Crippen LogP contribution >= 0.6 is 0 Å². The first-order valence-electron chi connectivity index (χ1n) is 11.9. The number of morpholine rings is 1. The number of carbonyl (C=O) groups excluding carboxylic acids is 1. The summed E-state index contributed by atoms with van der Waals surface area (Å²) in [6.45, 7) is 5.32. The number of nitrogens with zero attached hydrogens (tertiary/aromatic N) is 4. The lowest BCUT2D eigenvalue weighted by atomic mass is 10.1. The molecule has 34 heavy (non-hydrogen) atoms. The number of amides is 1. The van der Waals surface area contributed by atoms with E-state index in [9.17, 15) is 9.18 Å². The Kier molecular flexibility index (Phi) is 5.55. The van der Waals surface area contributed by atoms with E-state index in [-0.39, 0.29) is 17.6 Å². The standard InChI is InChI=1S/C26H28FN5O2/c27-23-13-19(3-6-24(23)31-9-11-34-12-10-31)29-26(33)25-21-15-30(16-22(21)25)14-18-1-4-20(5-2-18)32-8-7-28-17-32/h1-8,13,17,21-22,25H,9-12,14-16H2,(H,29,33). The highest BCUT2D eigenvalue weighted by Crippen LogP contribution is 2.52. The summed E-state index contributed by atoms with van der Waals surface area (Å²) < 4.78 is 22.0. The quantitative estimate of drug-likeness (QED) is 0.611. The topological polar surface area (TPSA) is 62.6 Å². The summed E-state index contributed by atoms with van der Waals surface area (Å²) in [5.74, 6) is 0.519. The molecule has 2 atom stereocenters. The molecule has 1 aromatic heterocycles. The number of hydrogen-bond donors (Lipinski definition) is 1. The van der Waals surface area contributed by atoms with Gasteiger partial charge >= 0.3 is 0 Å². The van der Waals surface area contributed by atoms with Crippen LogP contribution in [-0.4, -0.2) is 59.8 Å². The Bertz CT molecular complexity index is 1150. The fraction of sp³-hybridized carbons (Fsp3) is 0.385. The number of carbonyl (C=O) groups is 1. The first-order chi connectivity index (χ1) is 16.7. The number of fused-ring (bicyclic) bond motifs is 1. The molecular formula is C26H28FN5O2. The lowest BCUT2D eigenvalue weighted by Gasteiger charge is -2.29. The van der Waals surface area contributed by atoms with E-state index in [1.54, 1.807) is 24.7 Å². The van der Waals surface area contributed by atoms with Crippen LogP contribution < -0.4 is 10.2 Å². The number of halogens is 1. The smallest absolute Gasteiger partial charge is 0.228 e. The van der Waals surface area contributed by atoms with Gasteiger partial charge in [0, 0.05) is 62.4 Å². The molecule has 2 unspecified atom stereocenters. The van der Waals surface area contributed by atoms with Crippen LogP contribution in [0.25, 0.3) is 5.69 Å². The van der Waals surface area contributed by atoms with Crippen LogP contribution in [0, 0.1) is 23.6 Å². The number of likely N-dealkylation sites (tertiary alicyclic amines) is 1. The molecule has 0 radical (unpaired) electrons. The van der Waals surface area contributed by atoms with Gasteiger partial charge in [0.15, 0.2) is 0 Å². The second-order valence-corrected chi connectivity index (χ2v) is 9.44. The highest BCUT2D eigenvalue weighted by molar-refractivity contribution is 5.95. The van der Waals surface area contributed by atoms with E-state index >= 15 is 0 Å². The zero-order chi connectivity index (χ0) is 23.1. The number of nitrogens with one attached hydrogen (secondary N) is 1. The van der Waals surface area contributed by atoms with Crippen molar-refractivity contribution >= 4 is 17.3 Å². The van der Waals surface area contributed by atoms with Crippen LogP contribution in [0.4, 0.5) is 15.8 Å². The minimum atomic E-state index is -0.305. The van der Waals surface area contributed by atoms with Gasteiger partial charge in [-0.2, -0.15) is 0 Å². The Morgan fingerprint density at radius 1 is 1.09 bits per heavy atom. The van der Waals surface area contributed by atoms with Gasteiger partial charge in [0.1, 0.15) is 5.82 Å². The van der Waals surface area contributed by atoms with Crippen LogP contribution in [0.3, 0.4) is 0 Å². The molecule has 3 aliphatic rings. The van der Waals surface area contributed by atoms with Crippen LogP contribution in [0.5, 0.6) is 0 Å². The summed E-state index contributed by atoms with van der Waals surface area (Å²) in [7, 11) is 0. The van der Waals surface area contributed by atoms with E-state index in [0.717, 1.165) is 25.3 Å². The summed E-state index contributed by atoms with van der Waals surface area (Å²) in [5, 5.41) is 2.94. The van der Waals surface area contributed by atoms with Gasteiger partial charge in [-0.05, 0) is 47.7 Å². The Morgan fingerprint density at radius 3 is 2.53 bits per heavy atom. The lowest BCUT2D eigenvalue weighted by molar-refractivity contribution is -0.118. The second kappa shape index (κ2) is 8.85. The van der Waals surface area contributed by atoms with Gasteiger partial charge in [-0.3, -0.25) is 9.69 Å². The average molecular weight is 462 g/mol. The molecule has 1 amide bonds. The average Bonchev–Trinajstić information content (AvgIpc) is 3.20. The molecule has 3 fully saturated rings. The normalized spacial score (nSPS) is 24.1. The third kappa shape index (κ3) is 4.19. The van der Waals surface area contributed by atoms with Gasteiger partial charge in [-0.1, -0.05) is 12.1 Å². The van der Waals surface area contributed by atoms with Gasteiger partial charge in [0.2, 0.25) is 5.91 Å². The Morgan fingerprint density at radius 2 is 1.85 bits per heavy atom. The van der Waals surface area contributed by atoms with Gasteiger partial charge in [-0.25, -0.2) is 9.37 Å². The number of piperidine rings is 1. The van der Waals surface area contributed by atoms with Gasteiger partial charge in [0.05, 0.1) is 25.2 Å². The van der Waals surface area contributed by atoms with Crippen molar-refractivity contribution < 1.29 is 13.9 Å². The summed E-state index contributed by atoms with van der Waals surface area (Å²) >= 11 is 0. The van der Waals surface area contributed by atoms with Crippen molar-refractivity contribution in [3.8, 4) is 5.69 Å². The Balaban J connectivity index is 1.01. The third-order valence-corrected chi connectivity index (χ3v) is 7.28. The molecule has 8 heteroatoms. The van der Waals surface area contributed by atoms with Crippen LogP contribution in [-0.2, 0) is 16.1 Å². The van der Waals surface area contributed by atoms with Crippen molar-refractivity contribution in [3.05, 3.63) is 72.6 Å². The summed E-state index contributed by atoms with van der Waals surface area (Å²) in [6, 6.07) is 13.5. The van der Waals surface area contributed by atoms with Crippen molar-refractivity contribution in [3.63, 3.8) is 0 Å². The fourth-order valence-electron chi connectivity index (χ4n) is 5.45. The molecule has 6 rings (SSSR count). The number of imidazole rings is 1.